The zero-order chi connectivity index (χ0) is 19.8. The third-order valence-corrected chi connectivity index (χ3v) is 6.89. The molecule has 1 aromatic carbocycles. The minimum Gasteiger partial charge on any atom is -0.480 e. The lowest BCUT2D eigenvalue weighted by atomic mass is 9.77. The molecule has 148 valence electrons. The summed E-state index contributed by atoms with van der Waals surface area (Å²) < 4.78 is 25.3. The third-order valence-electron chi connectivity index (χ3n) is 5.71. The van der Waals surface area contributed by atoms with Crippen LogP contribution in [0.1, 0.15) is 54.9 Å². The Morgan fingerprint density at radius 3 is 2.52 bits per heavy atom. The Balaban J connectivity index is 1.84. The van der Waals surface area contributed by atoms with Gasteiger partial charge in [0, 0.05) is 12.1 Å². The van der Waals surface area contributed by atoms with Crippen molar-refractivity contribution in [1.82, 2.24) is 5.32 Å². The Hall–Kier alpha value is -2.09. The van der Waals surface area contributed by atoms with Gasteiger partial charge in [0.25, 0.3) is 5.91 Å². The summed E-state index contributed by atoms with van der Waals surface area (Å²) in [5, 5.41) is 12.4. The maximum atomic E-state index is 12.8. The van der Waals surface area contributed by atoms with Gasteiger partial charge in [-0.1, -0.05) is 6.92 Å². The van der Waals surface area contributed by atoms with E-state index in [1.54, 1.807) is 18.2 Å². The average molecular weight is 394 g/mol. The van der Waals surface area contributed by atoms with E-state index < -0.39 is 27.4 Å². The first-order valence-corrected chi connectivity index (χ1v) is 11.1. The summed E-state index contributed by atoms with van der Waals surface area (Å²) in [6.45, 7) is 2.52. The molecule has 27 heavy (non-hydrogen) atoms. The van der Waals surface area contributed by atoms with Crippen LogP contribution >= 0.6 is 0 Å². The highest BCUT2D eigenvalue weighted by Gasteiger charge is 2.42. The molecule has 2 aliphatic rings. The molecular weight excluding hydrogens is 368 g/mol. The summed E-state index contributed by atoms with van der Waals surface area (Å²) in [6.07, 6.45) is 4.90. The third kappa shape index (κ3) is 3.95. The number of amides is 1. The molecule has 1 saturated carbocycles. The smallest absolute Gasteiger partial charge is 0.329 e. The van der Waals surface area contributed by atoms with E-state index in [0.717, 1.165) is 18.4 Å². The molecule has 1 amide bonds. The van der Waals surface area contributed by atoms with Gasteiger partial charge < -0.3 is 10.4 Å². The van der Waals surface area contributed by atoms with Crippen LogP contribution < -0.4 is 9.62 Å². The number of carbonyl (C=O) groups is 2. The maximum Gasteiger partial charge on any atom is 0.329 e. The molecule has 2 N–H and O–H groups in total. The van der Waals surface area contributed by atoms with E-state index in [-0.39, 0.29) is 0 Å². The number of sulfonamides is 1. The number of anilines is 1. The summed E-state index contributed by atoms with van der Waals surface area (Å²) in [4.78, 5) is 24.6. The van der Waals surface area contributed by atoms with E-state index in [1.807, 2.05) is 0 Å². The van der Waals surface area contributed by atoms with E-state index in [2.05, 4.69) is 12.2 Å². The van der Waals surface area contributed by atoms with Crippen LogP contribution in [0.5, 0.6) is 0 Å². The summed E-state index contributed by atoms with van der Waals surface area (Å²) >= 11 is 0. The van der Waals surface area contributed by atoms with Crippen molar-refractivity contribution in [3.63, 3.8) is 0 Å². The molecule has 1 aliphatic heterocycles. The Bertz CT molecular complexity index is 857. The van der Waals surface area contributed by atoms with Crippen molar-refractivity contribution in [3.8, 4) is 0 Å². The quantitative estimate of drug-likeness (QED) is 0.814. The number of benzene rings is 1. The van der Waals surface area contributed by atoms with Gasteiger partial charge in [0.2, 0.25) is 10.0 Å². The predicted octanol–water partition coefficient (Wildman–Crippen LogP) is 2.16. The van der Waals surface area contributed by atoms with Crippen LogP contribution in [-0.4, -0.2) is 43.7 Å². The lowest BCUT2D eigenvalue weighted by Gasteiger charge is -2.36. The van der Waals surface area contributed by atoms with Crippen molar-refractivity contribution in [2.75, 3.05) is 17.1 Å². The number of rotatable bonds is 4. The van der Waals surface area contributed by atoms with E-state index in [9.17, 15) is 23.1 Å². The van der Waals surface area contributed by atoms with Crippen molar-refractivity contribution in [3.05, 3.63) is 29.3 Å². The Morgan fingerprint density at radius 2 is 1.93 bits per heavy atom. The van der Waals surface area contributed by atoms with Crippen molar-refractivity contribution in [1.29, 1.82) is 0 Å². The van der Waals surface area contributed by atoms with Gasteiger partial charge in [-0.25, -0.2) is 13.2 Å². The summed E-state index contributed by atoms with van der Waals surface area (Å²) in [5.74, 6) is -0.963. The predicted molar refractivity (Wildman–Crippen MR) is 102 cm³/mol. The number of carboxylic acid groups (broad SMARTS) is 1. The average Bonchev–Trinajstić information content (AvgIpc) is 2.61. The van der Waals surface area contributed by atoms with Crippen LogP contribution in [0.2, 0.25) is 0 Å². The number of fused-ring (bicyclic) bond motifs is 1. The molecule has 0 saturated heterocycles. The SMILES string of the molecule is CC1CCC(NC(=O)c2ccc3c(c2)CCCN3S(C)(=O)=O)(C(=O)O)CC1. The number of aliphatic carboxylic acids is 1. The zero-order valence-corrected chi connectivity index (χ0v) is 16.5. The summed E-state index contributed by atoms with van der Waals surface area (Å²) in [5.41, 5.74) is 0.530. The topological polar surface area (TPSA) is 104 Å². The molecule has 1 aromatic rings. The highest BCUT2D eigenvalue weighted by atomic mass is 32.2. The van der Waals surface area contributed by atoms with Crippen molar-refractivity contribution >= 4 is 27.6 Å². The first-order valence-electron chi connectivity index (χ1n) is 9.29. The molecule has 0 atom stereocenters. The molecule has 8 heteroatoms. The van der Waals surface area contributed by atoms with Gasteiger partial charge in [-0.3, -0.25) is 9.10 Å². The second-order valence-corrected chi connectivity index (χ2v) is 9.71. The number of nitrogens with zero attached hydrogens (tertiary/aromatic N) is 1. The largest absolute Gasteiger partial charge is 0.480 e. The summed E-state index contributed by atoms with van der Waals surface area (Å²) in [6, 6.07) is 4.89. The molecule has 0 spiro atoms. The van der Waals surface area contributed by atoms with Gasteiger partial charge in [-0.15, -0.1) is 0 Å². The first-order chi connectivity index (χ1) is 12.6. The zero-order valence-electron chi connectivity index (χ0n) is 15.7. The molecule has 0 radical (unpaired) electrons. The van der Waals surface area contributed by atoms with Gasteiger partial charge in [-0.2, -0.15) is 0 Å². The van der Waals surface area contributed by atoms with Crippen LogP contribution in [0.15, 0.2) is 18.2 Å². The summed E-state index contributed by atoms with van der Waals surface area (Å²) in [7, 11) is -3.37. The molecule has 3 rings (SSSR count). The fourth-order valence-electron chi connectivity index (χ4n) is 3.99. The number of carbonyl (C=O) groups excluding carboxylic acids is 1. The molecule has 1 fully saturated rings. The number of hydrogen-bond donors (Lipinski definition) is 2. The Kier molecular flexibility index (Phi) is 5.20. The minimum atomic E-state index is -3.37. The highest BCUT2D eigenvalue weighted by Crippen LogP contribution is 2.33. The number of aryl methyl sites for hydroxylation is 1. The molecule has 0 aromatic heterocycles. The van der Waals surface area contributed by atoms with E-state index in [0.29, 0.717) is 49.4 Å². The standard InChI is InChI=1S/C19H26N2O5S/c1-13-7-9-19(10-8-13,18(23)24)20-17(22)15-5-6-16-14(12-15)4-3-11-21(16)27(2,25)26/h5-6,12-13H,3-4,7-11H2,1-2H3,(H,20,22)(H,23,24). The van der Waals surface area contributed by atoms with Gasteiger partial charge in [0.05, 0.1) is 11.9 Å². The monoisotopic (exact) mass is 394 g/mol. The molecule has 0 bridgehead atoms. The van der Waals surface area contributed by atoms with Gasteiger partial charge in [-0.05, 0) is 68.2 Å². The van der Waals surface area contributed by atoms with E-state index >= 15 is 0 Å². The van der Waals surface area contributed by atoms with Gasteiger partial charge in [0.1, 0.15) is 5.54 Å². The minimum absolute atomic E-state index is 0.364. The molecule has 1 aliphatic carbocycles. The number of hydrogen-bond acceptors (Lipinski definition) is 4. The van der Waals surface area contributed by atoms with E-state index in [1.165, 1.54) is 10.6 Å². The molecule has 7 nitrogen and oxygen atoms in total. The first kappa shape index (κ1) is 19.7. The molecule has 0 unspecified atom stereocenters. The fourth-order valence-corrected chi connectivity index (χ4v) is 4.98. The van der Waals surface area contributed by atoms with Crippen LogP contribution in [-0.2, 0) is 21.2 Å². The second-order valence-electron chi connectivity index (χ2n) is 7.81. The van der Waals surface area contributed by atoms with E-state index in [4.69, 9.17) is 0 Å². The van der Waals surface area contributed by atoms with Crippen LogP contribution in [0.4, 0.5) is 5.69 Å². The highest BCUT2D eigenvalue weighted by molar-refractivity contribution is 7.92. The van der Waals surface area contributed by atoms with Crippen LogP contribution in [0.3, 0.4) is 0 Å². The number of nitrogens with one attached hydrogen (secondary N) is 1. The lowest BCUT2D eigenvalue weighted by Crippen LogP contribution is -2.56. The van der Waals surface area contributed by atoms with Crippen LogP contribution in [0, 0.1) is 5.92 Å². The van der Waals surface area contributed by atoms with Crippen molar-refractivity contribution < 1.29 is 23.1 Å². The van der Waals surface area contributed by atoms with Crippen molar-refractivity contribution in [2.45, 2.75) is 51.0 Å². The Labute approximate surface area is 159 Å². The van der Waals surface area contributed by atoms with Crippen LogP contribution in [0.25, 0.3) is 0 Å². The molecular formula is C19H26N2O5S. The van der Waals surface area contributed by atoms with Gasteiger partial charge >= 0.3 is 5.97 Å². The maximum absolute atomic E-state index is 12.8. The van der Waals surface area contributed by atoms with Gasteiger partial charge in [0.15, 0.2) is 0 Å². The normalized spacial score (nSPS) is 25.6. The number of carboxylic acids is 1. The fraction of sp³-hybridized carbons (Fsp3) is 0.579. The molecule has 1 heterocycles. The second kappa shape index (κ2) is 7.14. The van der Waals surface area contributed by atoms with Crippen molar-refractivity contribution in [2.24, 2.45) is 5.92 Å². The lowest BCUT2D eigenvalue weighted by molar-refractivity contribution is -0.146. The Morgan fingerprint density at radius 1 is 1.26 bits per heavy atom.